The Balaban J connectivity index is 2.86. The molecule has 116 valence electrons. The van der Waals surface area contributed by atoms with Gasteiger partial charge < -0.3 is 15.7 Å². The minimum atomic E-state index is -4.61. The van der Waals surface area contributed by atoms with Crippen molar-refractivity contribution in [3.63, 3.8) is 0 Å². The highest BCUT2D eigenvalue weighted by molar-refractivity contribution is 6.31. The maximum Gasteiger partial charge on any atom is 0.416 e. The number of carbonyl (C=O) groups is 2. The molecule has 1 rings (SSSR count). The largest absolute Gasteiger partial charge is 0.480 e. The van der Waals surface area contributed by atoms with Crippen molar-refractivity contribution in [1.82, 2.24) is 5.32 Å². The van der Waals surface area contributed by atoms with E-state index in [1.54, 1.807) is 6.92 Å². The van der Waals surface area contributed by atoms with E-state index in [0.717, 1.165) is 12.1 Å². The molecule has 0 saturated carbocycles. The van der Waals surface area contributed by atoms with Gasteiger partial charge in [0, 0.05) is 10.7 Å². The number of carboxylic acids is 1. The molecule has 1 aromatic rings. The third kappa shape index (κ3) is 5.14. The van der Waals surface area contributed by atoms with Gasteiger partial charge in [0.25, 0.3) is 0 Å². The van der Waals surface area contributed by atoms with E-state index >= 15 is 0 Å². The van der Waals surface area contributed by atoms with E-state index in [1.807, 2.05) is 0 Å². The van der Waals surface area contributed by atoms with Crippen molar-refractivity contribution < 1.29 is 27.9 Å². The quantitative estimate of drug-likeness (QED) is 0.794. The zero-order valence-corrected chi connectivity index (χ0v) is 11.5. The Labute approximate surface area is 123 Å². The molecule has 0 unspecified atom stereocenters. The molecule has 0 fully saturated rings. The smallest absolute Gasteiger partial charge is 0.416 e. The molecule has 0 aliphatic carbocycles. The summed E-state index contributed by atoms with van der Waals surface area (Å²) in [6.45, 7) is 1.54. The van der Waals surface area contributed by atoms with E-state index < -0.39 is 29.8 Å². The summed E-state index contributed by atoms with van der Waals surface area (Å²) >= 11 is 5.56. The summed E-state index contributed by atoms with van der Waals surface area (Å²) in [7, 11) is 0. The van der Waals surface area contributed by atoms with E-state index in [2.05, 4.69) is 10.6 Å². The molecule has 0 aromatic heterocycles. The van der Waals surface area contributed by atoms with Gasteiger partial charge in [-0.05, 0) is 24.6 Å². The molecule has 3 N–H and O–H groups in total. The minimum Gasteiger partial charge on any atom is -0.480 e. The summed E-state index contributed by atoms with van der Waals surface area (Å²) in [6, 6.07) is 0.480. The molecule has 2 amide bonds. The number of hydrogen-bond acceptors (Lipinski definition) is 2. The van der Waals surface area contributed by atoms with Gasteiger partial charge in [0.1, 0.15) is 6.04 Å². The van der Waals surface area contributed by atoms with Crippen molar-refractivity contribution in [3.8, 4) is 0 Å². The monoisotopic (exact) mass is 324 g/mol. The Hall–Kier alpha value is -1.96. The lowest BCUT2D eigenvalue weighted by atomic mass is 10.2. The van der Waals surface area contributed by atoms with Crippen LogP contribution >= 0.6 is 11.6 Å². The van der Waals surface area contributed by atoms with Gasteiger partial charge in [-0.3, -0.25) is 0 Å². The Morgan fingerprint density at radius 3 is 2.43 bits per heavy atom. The first-order valence-corrected chi connectivity index (χ1v) is 6.19. The number of rotatable bonds is 4. The van der Waals surface area contributed by atoms with Crippen LogP contribution in [0.4, 0.5) is 23.7 Å². The maximum atomic E-state index is 12.6. The van der Waals surface area contributed by atoms with Gasteiger partial charge >= 0.3 is 18.2 Å². The standard InChI is InChI=1S/C12H12ClF3N2O3/c1-2-9(10(19)20)18-11(21)17-8-4-6(12(14,15)16)3-7(13)5-8/h3-5,9H,2H2,1H3,(H,19,20)(H2,17,18,21)/t9-/m0/s1. The predicted octanol–water partition coefficient (Wildman–Crippen LogP) is 3.34. The first-order chi connectivity index (χ1) is 9.63. The molecule has 5 nitrogen and oxygen atoms in total. The number of hydrogen-bond donors (Lipinski definition) is 3. The number of alkyl halides is 3. The molecule has 0 heterocycles. The Bertz CT molecular complexity index is 549. The van der Waals surface area contributed by atoms with Gasteiger partial charge in [-0.2, -0.15) is 13.2 Å². The number of amides is 2. The van der Waals surface area contributed by atoms with E-state index in [0.29, 0.717) is 6.07 Å². The fraction of sp³-hybridized carbons (Fsp3) is 0.333. The van der Waals surface area contributed by atoms with Crippen molar-refractivity contribution in [2.24, 2.45) is 0 Å². The van der Waals surface area contributed by atoms with Crippen molar-refractivity contribution in [1.29, 1.82) is 0 Å². The van der Waals surface area contributed by atoms with Gasteiger partial charge in [-0.1, -0.05) is 18.5 Å². The molecule has 9 heteroatoms. The molecule has 0 aliphatic rings. The molecule has 0 spiro atoms. The number of carbonyl (C=O) groups excluding carboxylic acids is 1. The van der Waals surface area contributed by atoms with Crippen LogP contribution in [0.5, 0.6) is 0 Å². The lowest BCUT2D eigenvalue weighted by Gasteiger charge is -2.14. The molecular formula is C12H12ClF3N2O3. The lowest BCUT2D eigenvalue weighted by Crippen LogP contribution is -2.42. The molecular weight excluding hydrogens is 313 g/mol. The number of anilines is 1. The number of aliphatic carboxylic acids is 1. The third-order valence-corrected chi connectivity index (χ3v) is 2.71. The van der Waals surface area contributed by atoms with Crippen molar-refractivity contribution in [2.45, 2.75) is 25.6 Å². The highest BCUT2D eigenvalue weighted by Gasteiger charge is 2.31. The first kappa shape index (κ1) is 17.1. The highest BCUT2D eigenvalue weighted by atomic mass is 35.5. The van der Waals surface area contributed by atoms with Crippen LogP contribution in [0.3, 0.4) is 0 Å². The van der Waals surface area contributed by atoms with Crippen molar-refractivity contribution in [2.75, 3.05) is 5.32 Å². The van der Waals surface area contributed by atoms with Gasteiger partial charge in [0.2, 0.25) is 0 Å². The van der Waals surface area contributed by atoms with Crippen LogP contribution in [-0.4, -0.2) is 23.1 Å². The summed E-state index contributed by atoms with van der Waals surface area (Å²) in [5.74, 6) is -1.24. The predicted molar refractivity (Wildman–Crippen MR) is 70.3 cm³/mol. The fourth-order valence-corrected chi connectivity index (χ4v) is 1.72. The van der Waals surface area contributed by atoms with Crippen LogP contribution in [0.2, 0.25) is 5.02 Å². The summed E-state index contributed by atoms with van der Waals surface area (Å²) in [4.78, 5) is 22.3. The zero-order valence-electron chi connectivity index (χ0n) is 10.8. The average Bonchev–Trinajstić information content (AvgIpc) is 2.33. The summed E-state index contributed by atoms with van der Waals surface area (Å²) in [6.07, 6.45) is -4.48. The number of nitrogens with one attached hydrogen (secondary N) is 2. The van der Waals surface area contributed by atoms with Gasteiger partial charge in [0.05, 0.1) is 5.56 Å². The topological polar surface area (TPSA) is 78.4 Å². The van der Waals surface area contributed by atoms with E-state index in [-0.39, 0.29) is 17.1 Å². The molecule has 0 aliphatic heterocycles. The Morgan fingerprint density at radius 1 is 1.33 bits per heavy atom. The Morgan fingerprint density at radius 2 is 1.95 bits per heavy atom. The van der Waals surface area contributed by atoms with E-state index in [1.165, 1.54) is 0 Å². The molecule has 0 saturated heterocycles. The minimum absolute atomic E-state index is 0.131. The molecule has 0 bridgehead atoms. The molecule has 1 aromatic carbocycles. The van der Waals surface area contributed by atoms with Gasteiger partial charge in [-0.15, -0.1) is 0 Å². The number of halogens is 4. The summed E-state index contributed by atoms with van der Waals surface area (Å²) < 4.78 is 37.8. The molecule has 0 radical (unpaired) electrons. The lowest BCUT2D eigenvalue weighted by molar-refractivity contribution is -0.139. The van der Waals surface area contributed by atoms with Gasteiger partial charge in [0.15, 0.2) is 0 Å². The fourth-order valence-electron chi connectivity index (χ4n) is 1.49. The number of benzene rings is 1. The normalized spacial score (nSPS) is 12.6. The second-order valence-electron chi connectivity index (χ2n) is 4.12. The third-order valence-electron chi connectivity index (χ3n) is 2.49. The maximum absolute atomic E-state index is 12.6. The van der Waals surface area contributed by atoms with Crippen LogP contribution in [0.25, 0.3) is 0 Å². The number of urea groups is 1. The van der Waals surface area contributed by atoms with E-state index in [9.17, 15) is 22.8 Å². The number of carboxylic acid groups (broad SMARTS) is 1. The molecule has 1 atom stereocenters. The van der Waals surface area contributed by atoms with E-state index in [4.69, 9.17) is 16.7 Å². The van der Waals surface area contributed by atoms with Gasteiger partial charge in [-0.25, -0.2) is 9.59 Å². The molecule has 21 heavy (non-hydrogen) atoms. The Kier molecular flexibility index (Phi) is 5.42. The van der Waals surface area contributed by atoms with Crippen LogP contribution in [0, 0.1) is 0 Å². The highest BCUT2D eigenvalue weighted by Crippen LogP contribution is 2.33. The van der Waals surface area contributed by atoms with Crippen molar-refractivity contribution in [3.05, 3.63) is 28.8 Å². The second-order valence-corrected chi connectivity index (χ2v) is 4.56. The van der Waals surface area contributed by atoms with Crippen LogP contribution < -0.4 is 10.6 Å². The average molecular weight is 325 g/mol. The van der Waals surface area contributed by atoms with Crippen LogP contribution in [-0.2, 0) is 11.0 Å². The second kappa shape index (κ2) is 6.66. The van der Waals surface area contributed by atoms with Crippen LogP contribution in [0.15, 0.2) is 18.2 Å². The van der Waals surface area contributed by atoms with Crippen molar-refractivity contribution >= 4 is 29.3 Å². The van der Waals surface area contributed by atoms with Crippen LogP contribution in [0.1, 0.15) is 18.9 Å². The summed E-state index contributed by atoms with van der Waals surface area (Å²) in [5.41, 5.74) is -1.21. The summed E-state index contributed by atoms with van der Waals surface area (Å²) in [5, 5.41) is 12.8. The zero-order chi connectivity index (χ0) is 16.2. The SMILES string of the molecule is CC[C@H](NC(=O)Nc1cc(Cl)cc(C(F)(F)F)c1)C(=O)O. The first-order valence-electron chi connectivity index (χ1n) is 5.81.